The maximum Gasteiger partial charge on any atom is 0.188 e. The van der Waals surface area contributed by atoms with Gasteiger partial charge in [0.25, 0.3) is 0 Å². The van der Waals surface area contributed by atoms with E-state index in [1.807, 2.05) is 0 Å². The molecule has 1 heterocycles. The molecule has 1 atom stereocenters. The first kappa shape index (κ1) is 17.6. The van der Waals surface area contributed by atoms with Gasteiger partial charge in [-0.05, 0) is 56.6 Å². The molecule has 1 N–H and O–H groups in total. The van der Waals surface area contributed by atoms with E-state index < -0.39 is 26.2 Å². The topological polar surface area (TPSA) is 46.2 Å². The Labute approximate surface area is 145 Å². The summed E-state index contributed by atoms with van der Waals surface area (Å²) < 4.78 is 53.4. The smallest absolute Gasteiger partial charge is 0.188 e. The van der Waals surface area contributed by atoms with Gasteiger partial charge in [0, 0.05) is 5.56 Å². The molecule has 1 aromatic carbocycles. The fraction of sp³-hybridized carbons (Fsp3) is 0.412. The van der Waals surface area contributed by atoms with Crippen LogP contribution in [-0.4, -0.2) is 26.9 Å². The van der Waals surface area contributed by atoms with Crippen LogP contribution in [0, 0.1) is 11.6 Å². The highest BCUT2D eigenvalue weighted by molar-refractivity contribution is 7.96. The van der Waals surface area contributed by atoms with E-state index in [2.05, 4.69) is 5.32 Å². The van der Waals surface area contributed by atoms with E-state index in [0.717, 1.165) is 18.2 Å². The van der Waals surface area contributed by atoms with Gasteiger partial charge in [-0.3, -0.25) is 0 Å². The average Bonchev–Trinajstić information content (AvgIpc) is 2.58. The van der Waals surface area contributed by atoms with Crippen LogP contribution in [-0.2, 0) is 14.6 Å². The molecule has 24 heavy (non-hydrogen) atoms. The molecule has 1 aliphatic carbocycles. The monoisotopic (exact) mass is 373 g/mol. The summed E-state index contributed by atoms with van der Waals surface area (Å²) in [7, 11) is -3.89. The van der Waals surface area contributed by atoms with Crippen molar-refractivity contribution in [3.05, 3.63) is 58.5 Å². The third-order valence-electron chi connectivity index (χ3n) is 4.67. The number of alkyl halides is 1. The lowest BCUT2D eigenvalue weighted by Crippen LogP contribution is -2.46. The summed E-state index contributed by atoms with van der Waals surface area (Å²) in [5, 5.41) is 2.84. The van der Waals surface area contributed by atoms with Gasteiger partial charge in [0.15, 0.2) is 9.84 Å². The number of halogens is 3. The minimum atomic E-state index is -3.89. The number of nitrogens with one attached hydrogen (secondary N) is 1. The molecule has 0 bridgehead atoms. The molecular weight excluding hydrogens is 356 g/mol. The fourth-order valence-electron chi connectivity index (χ4n) is 3.36. The Balaban J connectivity index is 2.16. The first-order valence-electron chi connectivity index (χ1n) is 7.80. The summed E-state index contributed by atoms with van der Waals surface area (Å²) in [5.41, 5.74) is -0.0914. The molecule has 0 amide bonds. The van der Waals surface area contributed by atoms with E-state index in [0.29, 0.717) is 19.5 Å². The van der Waals surface area contributed by atoms with Crippen LogP contribution in [0.25, 0.3) is 0 Å². The minimum absolute atomic E-state index is 0.0914. The van der Waals surface area contributed by atoms with Crippen molar-refractivity contribution in [1.82, 2.24) is 5.32 Å². The number of benzene rings is 1. The summed E-state index contributed by atoms with van der Waals surface area (Å²) in [6.07, 6.45) is 5.42. The van der Waals surface area contributed by atoms with Crippen molar-refractivity contribution in [2.24, 2.45) is 0 Å². The van der Waals surface area contributed by atoms with Gasteiger partial charge >= 0.3 is 0 Å². The maximum atomic E-state index is 14.4. The summed E-state index contributed by atoms with van der Waals surface area (Å²) in [4.78, 5) is 0.130. The largest absolute Gasteiger partial charge is 0.317 e. The van der Waals surface area contributed by atoms with Gasteiger partial charge in [0.2, 0.25) is 0 Å². The molecular formula is C17H18ClF2NO2S. The van der Waals surface area contributed by atoms with Crippen LogP contribution in [0.2, 0.25) is 0 Å². The summed E-state index contributed by atoms with van der Waals surface area (Å²) in [5.74, 6) is -1.34. The first-order valence-corrected chi connectivity index (χ1v) is 9.72. The second kappa shape index (κ2) is 6.58. The molecule has 130 valence electrons. The molecule has 2 aliphatic rings. The number of sulfone groups is 1. The zero-order valence-electron chi connectivity index (χ0n) is 12.9. The van der Waals surface area contributed by atoms with Crippen molar-refractivity contribution in [3.63, 3.8) is 0 Å². The predicted molar refractivity (Wildman–Crippen MR) is 90.5 cm³/mol. The Morgan fingerprint density at radius 1 is 1.21 bits per heavy atom. The zero-order chi connectivity index (χ0) is 17.4. The Bertz CT molecular complexity index is 799. The standard InChI is InChI=1S/C17H18ClF2NO2S/c18-12-1-4-14(5-2-12)24(22,23)17(7-9-21-10-8-17)15-11-13(19)3-6-16(15)20/h1,3-6,11-12,21H,2,7-10H2. The van der Waals surface area contributed by atoms with Gasteiger partial charge in [-0.1, -0.05) is 12.2 Å². The van der Waals surface area contributed by atoms with Crippen molar-refractivity contribution in [2.45, 2.75) is 29.4 Å². The summed E-state index contributed by atoms with van der Waals surface area (Å²) >= 11 is 5.97. The molecule has 1 unspecified atom stereocenters. The zero-order valence-corrected chi connectivity index (χ0v) is 14.5. The van der Waals surface area contributed by atoms with Gasteiger partial charge in [-0.2, -0.15) is 0 Å². The van der Waals surface area contributed by atoms with Gasteiger partial charge in [0.1, 0.15) is 16.4 Å². The van der Waals surface area contributed by atoms with Gasteiger partial charge in [-0.15, -0.1) is 11.6 Å². The van der Waals surface area contributed by atoms with E-state index in [4.69, 9.17) is 11.6 Å². The Hall–Kier alpha value is -1.24. The van der Waals surface area contributed by atoms with Crippen molar-refractivity contribution >= 4 is 21.4 Å². The molecule has 3 nitrogen and oxygen atoms in total. The summed E-state index contributed by atoms with van der Waals surface area (Å²) in [6.45, 7) is 0.842. The van der Waals surface area contributed by atoms with Crippen LogP contribution < -0.4 is 5.32 Å². The molecule has 0 saturated carbocycles. The molecule has 7 heteroatoms. The van der Waals surface area contributed by atoms with Crippen molar-refractivity contribution in [3.8, 4) is 0 Å². The molecule has 1 aliphatic heterocycles. The lowest BCUT2D eigenvalue weighted by Gasteiger charge is -2.38. The maximum absolute atomic E-state index is 14.4. The predicted octanol–water partition coefficient (Wildman–Crippen LogP) is 3.41. The van der Waals surface area contributed by atoms with Crippen LogP contribution in [0.1, 0.15) is 24.8 Å². The second-order valence-electron chi connectivity index (χ2n) is 6.09. The van der Waals surface area contributed by atoms with Crippen LogP contribution in [0.5, 0.6) is 0 Å². The van der Waals surface area contributed by atoms with Crippen LogP contribution >= 0.6 is 11.6 Å². The van der Waals surface area contributed by atoms with Crippen molar-refractivity contribution in [2.75, 3.05) is 13.1 Å². The van der Waals surface area contributed by atoms with Crippen molar-refractivity contribution in [1.29, 1.82) is 0 Å². The highest BCUT2D eigenvalue weighted by Gasteiger charge is 2.49. The number of rotatable bonds is 3. The molecule has 1 fully saturated rings. The van der Waals surface area contributed by atoms with Gasteiger partial charge in [0.05, 0.1) is 10.3 Å². The van der Waals surface area contributed by atoms with Crippen LogP contribution in [0.4, 0.5) is 8.78 Å². The lowest BCUT2D eigenvalue weighted by molar-refractivity contribution is 0.384. The molecule has 0 aromatic heterocycles. The third-order valence-corrected chi connectivity index (χ3v) is 7.57. The average molecular weight is 374 g/mol. The highest BCUT2D eigenvalue weighted by atomic mass is 35.5. The summed E-state index contributed by atoms with van der Waals surface area (Å²) in [6, 6.07) is 3.00. The Kier molecular flexibility index (Phi) is 4.82. The molecule has 1 saturated heterocycles. The van der Waals surface area contributed by atoms with Gasteiger partial charge < -0.3 is 5.32 Å². The van der Waals surface area contributed by atoms with Crippen LogP contribution in [0.15, 0.2) is 41.3 Å². The van der Waals surface area contributed by atoms with E-state index >= 15 is 0 Å². The molecule has 3 rings (SSSR count). The highest BCUT2D eigenvalue weighted by Crippen LogP contribution is 2.44. The van der Waals surface area contributed by atoms with Crippen molar-refractivity contribution < 1.29 is 17.2 Å². The normalized spacial score (nSPS) is 23.8. The van der Waals surface area contributed by atoms with E-state index in [-0.39, 0.29) is 28.7 Å². The second-order valence-corrected chi connectivity index (χ2v) is 8.91. The number of allylic oxidation sites excluding steroid dienone is 3. The fourth-order valence-corrected chi connectivity index (χ4v) is 5.73. The Morgan fingerprint density at radius 3 is 2.54 bits per heavy atom. The number of piperidine rings is 1. The Morgan fingerprint density at radius 2 is 1.92 bits per heavy atom. The molecule has 0 radical (unpaired) electrons. The first-order chi connectivity index (χ1) is 11.4. The third kappa shape index (κ3) is 2.91. The SMILES string of the molecule is O=S(=O)(C1=CCC(Cl)C=C1)C1(c2cc(F)ccc2F)CCNCC1. The quantitative estimate of drug-likeness (QED) is 0.826. The molecule has 1 aromatic rings. The van der Waals surface area contributed by atoms with E-state index in [1.165, 1.54) is 6.08 Å². The van der Waals surface area contributed by atoms with E-state index in [9.17, 15) is 17.2 Å². The van der Waals surface area contributed by atoms with Crippen LogP contribution in [0.3, 0.4) is 0 Å². The lowest BCUT2D eigenvalue weighted by atomic mass is 9.88. The number of hydrogen-bond acceptors (Lipinski definition) is 3. The van der Waals surface area contributed by atoms with E-state index in [1.54, 1.807) is 12.2 Å². The number of hydrogen-bond donors (Lipinski definition) is 1. The minimum Gasteiger partial charge on any atom is -0.317 e. The van der Waals surface area contributed by atoms with Gasteiger partial charge in [-0.25, -0.2) is 17.2 Å². The molecule has 0 spiro atoms.